The molecule has 194 valence electrons. The Balaban J connectivity index is 1.36. The van der Waals surface area contributed by atoms with Crippen LogP contribution in [0.4, 0.5) is 5.69 Å². The summed E-state index contributed by atoms with van der Waals surface area (Å²) in [6.07, 6.45) is 4.30. The molecule has 3 aromatic carbocycles. The fourth-order valence-corrected chi connectivity index (χ4v) is 4.79. The first-order chi connectivity index (χ1) is 18.4. The Morgan fingerprint density at radius 1 is 1.03 bits per heavy atom. The zero-order valence-corrected chi connectivity index (χ0v) is 21.3. The summed E-state index contributed by atoms with van der Waals surface area (Å²) in [7, 11) is 0. The van der Waals surface area contributed by atoms with E-state index in [2.05, 4.69) is 11.1 Å². The number of carbonyl (C=O) groups is 2. The van der Waals surface area contributed by atoms with Crippen molar-refractivity contribution in [2.75, 3.05) is 13.1 Å². The Bertz CT molecular complexity index is 1480. The van der Waals surface area contributed by atoms with Crippen molar-refractivity contribution in [2.45, 2.75) is 38.8 Å². The fourth-order valence-electron chi connectivity index (χ4n) is 4.79. The summed E-state index contributed by atoms with van der Waals surface area (Å²) in [5.74, 6) is -0.490. The number of H-pyrrole nitrogens is 1. The molecule has 0 unspecified atom stereocenters. The monoisotopic (exact) mass is 510 g/mol. The summed E-state index contributed by atoms with van der Waals surface area (Å²) in [5.41, 5.74) is 3.83. The van der Waals surface area contributed by atoms with Crippen LogP contribution in [0.3, 0.4) is 0 Å². The molecule has 2 amide bonds. The van der Waals surface area contributed by atoms with E-state index >= 15 is 0 Å². The van der Waals surface area contributed by atoms with Gasteiger partial charge in [0, 0.05) is 53.4 Å². The van der Waals surface area contributed by atoms with Crippen LogP contribution < -0.4 is 0 Å². The molecule has 1 aliphatic carbocycles. The normalized spacial score (nSPS) is 12.9. The summed E-state index contributed by atoms with van der Waals surface area (Å²) in [4.78, 5) is 44.8. The van der Waals surface area contributed by atoms with Gasteiger partial charge in [-0.05, 0) is 49.4 Å². The van der Waals surface area contributed by atoms with E-state index < -0.39 is 4.92 Å². The predicted octanol–water partition coefficient (Wildman–Crippen LogP) is 5.26. The van der Waals surface area contributed by atoms with Gasteiger partial charge in [0.05, 0.1) is 4.92 Å². The summed E-state index contributed by atoms with van der Waals surface area (Å²) in [5, 5.41) is 12.6. The van der Waals surface area contributed by atoms with Crippen LogP contribution in [0.5, 0.6) is 0 Å². The lowest BCUT2D eigenvalue weighted by Crippen LogP contribution is -2.44. The molecule has 0 bridgehead atoms. The SMILES string of the molecule is Cc1ccc(C(=O)N(CC(=O)N(CCc2c[nH]c3ccccc23)Cc2ccccc2)C2CC2)cc1[N+](=O)[O-]. The Hall–Kier alpha value is -4.46. The van der Waals surface area contributed by atoms with Gasteiger partial charge in [0.1, 0.15) is 6.54 Å². The van der Waals surface area contributed by atoms with Gasteiger partial charge in [-0.15, -0.1) is 0 Å². The van der Waals surface area contributed by atoms with Gasteiger partial charge in [-0.3, -0.25) is 19.7 Å². The predicted molar refractivity (Wildman–Crippen MR) is 146 cm³/mol. The molecule has 1 N–H and O–H groups in total. The number of para-hydroxylation sites is 1. The van der Waals surface area contributed by atoms with Gasteiger partial charge >= 0.3 is 0 Å². The van der Waals surface area contributed by atoms with Gasteiger partial charge < -0.3 is 14.8 Å². The molecule has 1 saturated carbocycles. The Morgan fingerprint density at radius 3 is 2.50 bits per heavy atom. The minimum absolute atomic E-state index is 0.0287. The molecule has 0 spiro atoms. The molecule has 8 nitrogen and oxygen atoms in total. The van der Waals surface area contributed by atoms with E-state index in [0.29, 0.717) is 25.1 Å². The first kappa shape index (κ1) is 25.2. The van der Waals surface area contributed by atoms with Crippen LogP contribution in [0, 0.1) is 17.0 Å². The third-order valence-electron chi connectivity index (χ3n) is 7.10. The summed E-state index contributed by atoms with van der Waals surface area (Å²) >= 11 is 0. The van der Waals surface area contributed by atoms with Gasteiger partial charge in [0.15, 0.2) is 0 Å². The number of nitrogens with one attached hydrogen (secondary N) is 1. The molecule has 1 aliphatic rings. The van der Waals surface area contributed by atoms with E-state index in [4.69, 9.17) is 0 Å². The van der Waals surface area contributed by atoms with Crippen molar-refractivity contribution in [3.05, 3.63) is 111 Å². The maximum Gasteiger partial charge on any atom is 0.273 e. The lowest BCUT2D eigenvalue weighted by Gasteiger charge is -2.28. The molecular weight excluding hydrogens is 480 g/mol. The van der Waals surface area contributed by atoms with Crippen molar-refractivity contribution in [1.29, 1.82) is 0 Å². The van der Waals surface area contributed by atoms with Crippen molar-refractivity contribution in [3.8, 4) is 0 Å². The lowest BCUT2D eigenvalue weighted by atomic mass is 10.1. The molecule has 38 heavy (non-hydrogen) atoms. The largest absolute Gasteiger partial charge is 0.361 e. The lowest BCUT2D eigenvalue weighted by molar-refractivity contribution is -0.385. The maximum atomic E-state index is 13.7. The van der Waals surface area contributed by atoms with Crippen LogP contribution in [-0.2, 0) is 17.8 Å². The zero-order chi connectivity index (χ0) is 26.6. The number of nitro groups is 1. The molecule has 5 rings (SSSR count). The maximum absolute atomic E-state index is 13.7. The topological polar surface area (TPSA) is 99.6 Å². The number of aryl methyl sites for hydroxylation is 1. The highest BCUT2D eigenvalue weighted by atomic mass is 16.6. The zero-order valence-electron chi connectivity index (χ0n) is 21.3. The molecular formula is C30H30N4O4. The van der Waals surface area contributed by atoms with Gasteiger partial charge in [0.2, 0.25) is 5.91 Å². The number of fused-ring (bicyclic) bond motifs is 1. The molecule has 0 saturated heterocycles. The van der Waals surface area contributed by atoms with Gasteiger partial charge in [0.25, 0.3) is 11.6 Å². The van der Waals surface area contributed by atoms with E-state index in [1.807, 2.05) is 54.7 Å². The van der Waals surface area contributed by atoms with E-state index in [-0.39, 0.29) is 35.7 Å². The molecule has 8 heteroatoms. The number of aromatic nitrogens is 1. The third kappa shape index (κ3) is 5.59. The number of hydrogen-bond donors (Lipinski definition) is 1. The smallest absolute Gasteiger partial charge is 0.273 e. The average molecular weight is 511 g/mol. The van der Waals surface area contributed by atoms with Crippen LogP contribution in [0.1, 0.15) is 39.9 Å². The van der Waals surface area contributed by atoms with Crippen LogP contribution in [0.25, 0.3) is 10.9 Å². The first-order valence-corrected chi connectivity index (χ1v) is 12.8. The second-order valence-corrected chi connectivity index (χ2v) is 9.83. The molecule has 4 aromatic rings. The minimum atomic E-state index is -0.481. The minimum Gasteiger partial charge on any atom is -0.361 e. The van der Waals surface area contributed by atoms with Gasteiger partial charge in [-0.1, -0.05) is 54.6 Å². The second-order valence-electron chi connectivity index (χ2n) is 9.83. The molecule has 0 aliphatic heterocycles. The van der Waals surface area contributed by atoms with Gasteiger partial charge in [-0.2, -0.15) is 0 Å². The molecule has 1 aromatic heterocycles. The molecule has 1 heterocycles. The van der Waals surface area contributed by atoms with E-state index in [9.17, 15) is 19.7 Å². The van der Waals surface area contributed by atoms with Crippen LogP contribution in [0.15, 0.2) is 79.0 Å². The van der Waals surface area contributed by atoms with E-state index in [1.54, 1.807) is 28.9 Å². The number of rotatable bonds is 10. The number of hydrogen-bond acceptors (Lipinski definition) is 4. The van der Waals surface area contributed by atoms with Crippen molar-refractivity contribution in [2.24, 2.45) is 0 Å². The molecule has 1 fully saturated rings. The third-order valence-corrected chi connectivity index (χ3v) is 7.10. The highest BCUT2D eigenvalue weighted by molar-refractivity contribution is 5.97. The highest BCUT2D eigenvalue weighted by Gasteiger charge is 2.35. The number of aromatic amines is 1. The average Bonchev–Trinajstić information content (AvgIpc) is 3.69. The van der Waals surface area contributed by atoms with Crippen molar-refractivity contribution < 1.29 is 14.5 Å². The van der Waals surface area contributed by atoms with E-state index in [1.165, 1.54) is 6.07 Å². The standard InChI is InChI=1S/C30H30N4O4/c1-21-11-12-23(17-28(21)34(37)38)30(36)33(25-13-14-25)20-29(35)32(19-22-7-3-2-4-8-22)16-15-24-18-31-27-10-6-5-9-26(24)27/h2-12,17-18,25,31H,13-16,19-20H2,1H3. The Labute approximate surface area is 221 Å². The van der Waals surface area contributed by atoms with E-state index in [0.717, 1.165) is 34.9 Å². The fraction of sp³-hybridized carbons (Fsp3) is 0.267. The Morgan fingerprint density at radius 2 is 1.76 bits per heavy atom. The molecule has 0 atom stereocenters. The number of carbonyl (C=O) groups excluding carboxylic acids is 2. The summed E-state index contributed by atoms with van der Waals surface area (Å²) < 4.78 is 0. The quantitative estimate of drug-likeness (QED) is 0.232. The van der Waals surface area contributed by atoms with Crippen LogP contribution in [-0.4, -0.2) is 50.7 Å². The number of benzene rings is 3. The number of nitro benzene ring substituents is 1. The molecule has 0 radical (unpaired) electrons. The summed E-state index contributed by atoms with van der Waals surface area (Å²) in [6, 6.07) is 22.4. The highest BCUT2D eigenvalue weighted by Crippen LogP contribution is 2.30. The first-order valence-electron chi connectivity index (χ1n) is 12.8. The van der Waals surface area contributed by atoms with Crippen molar-refractivity contribution >= 4 is 28.4 Å². The van der Waals surface area contributed by atoms with Crippen LogP contribution >= 0.6 is 0 Å². The van der Waals surface area contributed by atoms with Crippen molar-refractivity contribution in [1.82, 2.24) is 14.8 Å². The second kappa shape index (κ2) is 10.9. The Kier molecular flexibility index (Phi) is 7.22. The summed E-state index contributed by atoms with van der Waals surface area (Å²) in [6.45, 7) is 2.51. The van der Waals surface area contributed by atoms with Crippen molar-refractivity contribution in [3.63, 3.8) is 0 Å². The van der Waals surface area contributed by atoms with Gasteiger partial charge in [-0.25, -0.2) is 0 Å². The number of nitrogens with zero attached hydrogens (tertiary/aromatic N) is 3. The number of amides is 2. The van der Waals surface area contributed by atoms with Crippen LogP contribution in [0.2, 0.25) is 0 Å².